The van der Waals surface area contributed by atoms with E-state index < -0.39 is 0 Å². The summed E-state index contributed by atoms with van der Waals surface area (Å²) in [7, 11) is 0. The fourth-order valence-corrected chi connectivity index (χ4v) is 6.16. The van der Waals surface area contributed by atoms with Crippen LogP contribution < -0.4 is 5.32 Å². The lowest BCUT2D eigenvalue weighted by Gasteiger charge is -2.39. The van der Waals surface area contributed by atoms with E-state index in [2.05, 4.69) is 80.2 Å². The van der Waals surface area contributed by atoms with Gasteiger partial charge in [-0.25, -0.2) is 9.97 Å². The molecule has 4 aromatic carbocycles. The van der Waals surface area contributed by atoms with Crippen LogP contribution in [-0.2, 0) is 11.0 Å². The van der Waals surface area contributed by atoms with Crippen LogP contribution in [0.25, 0.3) is 10.9 Å². The lowest BCUT2D eigenvalue weighted by Crippen LogP contribution is -2.47. The van der Waals surface area contributed by atoms with E-state index in [1.54, 1.807) is 6.07 Å². The summed E-state index contributed by atoms with van der Waals surface area (Å²) in [5, 5.41) is 14.5. The summed E-state index contributed by atoms with van der Waals surface area (Å²) in [6, 6.07) is 35.1. The minimum absolute atomic E-state index is 0.171. The van der Waals surface area contributed by atoms with Crippen molar-refractivity contribution < 1.29 is 0 Å². The molecule has 42 heavy (non-hydrogen) atoms. The molecule has 0 amide bonds. The van der Waals surface area contributed by atoms with E-state index in [4.69, 9.17) is 21.6 Å². The topological polar surface area (TPSA) is 68.1 Å². The fraction of sp³-hybridized carbons (Fsp3) is 0.206. The third-order valence-electron chi connectivity index (χ3n) is 7.68. The zero-order chi connectivity index (χ0) is 28.9. The molecule has 1 aromatic heterocycles. The second-order valence-corrected chi connectivity index (χ2v) is 11.7. The normalized spacial score (nSPS) is 14.9. The molecule has 6 rings (SSSR count). The molecule has 0 bridgehead atoms. The van der Waals surface area contributed by atoms with Crippen molar-refractivity contribution in [3.05, 3.63) is 130 Å². The molecule has 1 aliphatic rings. The average molecular weight is 685 g/mol. The quantitative estimate of drug-likeness (QED) is 0.133. The predicted octanol–water partition coefficient (Wildman–Crippen LogP) is 7.74. The van der Waals surface area contributed by atoms with Crippen molar-refractivity contribution in [1.29, 1.82) is 5.26 Å². The highest BCUT2D eigenvalue weighted by Gasteiger charge is 2.27. The molecule has 1 aliphatic heterocycles. The lowest BCUT2D eigenvalue weighted by atomic mass is 9.95. The van der Waals surface area contributed by atoms with Crippen molar-refractivity contribution in [3.63, 3.8) is 0 Å². The summed E-state index contributed by atoms with van der Waals surface area (Å²) in [5.41, 5.74) is 6.22. The molecule has 0 spiro atoms. The Balaban J connectivity index is 1.20. The minimum Gasteiger partial charge on any atom is -0.340 e. The summed E-state index contributed by atoms with van der Waals surface area (Å²) in [5.74, 6) is 1.53. The Morgan fingerprint density at radius 3 is 2.29 bits per heavy atom. The SMILES string of the molecule is N#Cc1cccc(Nc2nc(CN3CCN(C(c4ccc(Cl)cc4)c4ccc(CI)cc4)CC3)nc3ccccc23)c1. The monoisotopic (exact) mass is 684 g/mol. The van der Waals surface area contributed by atoms with Gasteiger partial charge in [-0.15, -0.1) is 0 Å². The first kappa shape index (κ1) is 28.6. The molecular formula is C34H30ClIN6. The van der Waals surface area contributed by atoms with Gasteiger partial charge in [-0.05, 0) is 59.2 Å². The van der Waals surface area contributed by atoms with Crippen LogP contribution >= 0.6 is 34.2 Å². The number of anilines is 2. The Kier molecular flexibility index (Phi) is 8.96. The van der Waals surface area contributed by atoms with Crippen molar-refractivity contribution in [1.82, 2.24) is 19.8 Å². The number of hydrogen-bond donors (Lipinski definition) is 1. The molecule has 1 N–H and O–H groups in total. The van der Waals surface area contributed by atoms with E-state index in [1.165, 1.54) is 16.7 Å². The number of nitrogens with one attached hydrogen (secondary N) is 1. The number of halogens is 2. The van der Waals surface area contributed by atoms with Crippen LogP contribution in [0.5, 0.6) is 0 Å². The number of fused-ring (bicyclic) bond motifs is 1. The second kappa shape index (κ2) is 13.2. The number of nitriles is 1. The van der Waals surface area contributed by atoms with E-state index in [-0.39, 0.29) is 6.04 Å². The summed E-state index contributed by atoms with van der Waals surface area (Å²) in [6.45, 7) is 4.36. The molecule has 1 unspecified atom stereocenters. The highest BCUT2D eigenvalue weighted by molar-refractivity contribution is 14.1. The molecular weight excluding hydrogens is 655 g/mol. The molecule has 0 radical (unpaired) electrons. The van der Waals surface area contributed by atoms with Crippen molar-refractivity contribution >= 4 is 56.6 Å². The van der Waals surface area contributed by atoms with Crippen LogP contribution in [0.1, 0.15) is 34.1 Å². The first-order chi connectivity index (χ1) is 20.6. The van der Waals surface area contributed by atoms with Gasteiger partial charge in [0.25, 0.3) is 0 Å². The first-order valence-corrected chi connectivity index (χ1v) is 15.9. The fourth-order valence-electron chi connectivity index (χ4n) is 5.52. The number of para-hydroxylation sites is 1. The van der Waals surface area contributed by atoms with E-state index >= 15 is 0 Å². The molecule has 2 heterocycles. The lowest BCUT2D eigenvalue weighted by molar-refractivity contribution is 0.103. The van der Waals surface area contributed by atoms with Crippen molar-refractivity contribution in [3.8, 4) is 6.07 Å². The van der Waals surface area contributed by atoms with Crippen LogP contribution in [0.3, 0.4) is 0 Å². The van der Waals surface area contributed by atoms with Gasteiger partial charge in [0.15, 0.2) is 0 Å². The number of benzene rings is 4. The van der Waals surface area contributed by atoms with Crippen LogP contribution in [0.4, 0.5) is 11.5 Å². The molecule has 0 aliphatic carbocycles. The molecule has 1 fully saturated rings. The van der Waals surface area contributed by atoms with Gasteiger partial charge in [-0.3, -0.25) is 9.80 Å². The minimum atomic E-state index is 0.171. The highest BCUT2D eigenvalue weighted by Crippen LogP contribution is 2.31. The third-order valence-corrected chi connectivity index (χ3v) is 8.81. The largest absolute Gasteiger partial charge is 0.340 e. The number of alkyl halides is 1. The van der Waals surface area contributed by atoms with Gasteiger partial charge in [-0.2, -0.15) is 5.26 Å². The number of piperazine rings is 1. The number of nitrogens with zero attached hydrogens (tertiary/aromatic N) is 5. The van der Waals surface area contributed by atoms with Crippen molar-refractivity contribution in [2.75, 3.05) is 31.5 Å². The first-order valence-electron chi connectivity index (χ1n) is 14.0. The van der Waals surface area contributed by atoms with Gasteiger partial charge in [0.2, 0.25) is 0 Å². The zero-order valence-electron chi connectivity index (χ0n) is 23.0. The van der Waals surface area contributed by atoms with E-state index in [0.717, 1.165) is 63.9 Å². The summed E-state index contributed by atoms with van der Waals surface area (Å²) in [6.07, 6.45) is 0. The molecule has 1 atom stereocenters. The van der Waals surface area contributed by atoms with E-state index in [0.29, 0.717) is 12.1 Å². The second-order valence-electron chi connectivity index (χ2n) is 10.5. The Morgan fingerprint density at radius 1 is 0.857 bits per heavy atom. The predicted molar refractivity (Wildman–Crippen MR) is 178 cm³/mol. The van der Waals surface area contributed by atoms with Gasteiger partial charge < -0.3 is 5.32 Å². The maximum atomic E-state index is 9.32. The molecule has 5 aromatic rings. The smallest absolute Gasteiger partial charge is 0.145 e. The number of hydrogen-bond acceptors (Lipinski definition) is 6. The number of aromatic nitrogens is 2. The van der Waals surface area contributed by atoms with E-state index in [1.807, 2.05) is 54.6 Å². The van der Waals surface area contributed by atoms with Crippen LogP contribution in [0.2, 0.25) is 5.02 Å². The van der Waals surface area contributed by atoms with Crippen LogP contribution in [-0.4, -0.2) is 45.9 Å². The van der Waals surface area contributed by atoms with Gasteiger partial charge in [0, 0.05) is 46.7 Å². The van der Waals surface area contributed by atoms with Gasteiger partial charge in [0.1, 0.15) is 11.6 Å². The summed E-state index contributed by atoms with van der Waals surface area (Å²) < 4.78 is 1.00. The van der Waals surface area contributed by atoms with Gasteiger partial charge in [-0.1, -0.05) is 88.8 Å². The average Bonchev–Trinajstić information content (AvgIpc) is 3.03. The van der Waals surface area contributed by atoms with Gasteiger partial charge in [0.05, 0.1) is 29.7 Å². The zero-order valence-corrected chi connectivity index (χ0v) is 26.0. The Labute approximate surface area is 265 Å². The number of rotatable bonds is 8. The summed E-state index contributed by atoms with van der Waals surface area (Å²) in [4.78, 5) is 14.8. The van der Waals surface area contributed by atoms with Gasteiger partial charge >= 0.3 is 0 Å². The molecule has 1 saturated heterocycles. The highest BCUT2D eigenvalue weighted by atomic mass is 127. The Morgan fingerprint density at radius 2 is 1.57 bits per heavy atom. The van der Waals surface area contributed by atoms with E-state index in [9.17, 15) is 5.26 Å². The Bertz CT molecular complexity index is 1710. The molecule has 0 saturated carbocycles. The Hall–Kier alpha value is -3.55. The van der Waals surface area contributed by atoms with Crippen LogP contribution in [0.15, 0.2) is 97.1 Å². The van der Waals surface area contributed by atoms with Crippen molar-refractivity contribution in [2.24, 2.45) is 0 Å². The third kappa shape index (κ3) is 6.58. The maximum absolute atomic E-state index is 9.32. The van der Waals surface area contributed by atoms with Crippen LogP contribution in [0, 0.1) is 11.3 Å². The maximum Gasteiger partial charge on any atom is 0.145 e. The molecule has 6 nitrogen and oxygen atoms in total. The molecule has 8 heteroatoms. The molecule has 210 valence electrons. The standard InChI is InChI=1S/C34H30ClIN6/c35-28-14-12-27(13-15-28)33(26-10-8-24(21-36)9-11-26)42-18-16-41(17-19-42)23-32-39-31-7-2-1-6-30(31)34(40-32)38-29-5-3-4-25(20-29)22-37/h1-15,20,33H,16-19,21,23H2,(H,38,39,40). The van der Waals surface area contributed by atoms with Crippen molar-refractivity contribution in [2.45, 2.75) is 17.0 Å². The summed E-state index contributed by atoms with van der Waals surface area (Å²) >= 11 is 8.65.